The second-order valence-corrected chi connectivity index (χ2v) is 17.9. The van der Waals surface area contributed by atoms with Crippen LogP contribution in [-0.2, 0) is 15.7 Å². The Bertz CT molecular complexity index is 1180. The molecule has 202 valence electrons. The van der Waals surface area contributed by atoms with Crippen molar-refractivity contribution in [3.05, 3.63) is 78.6 Å². The molecule has 4 aliphatic carbocycles. The summed E-state index contributed by atoms with van der Waals surface area (Å²) in [5.74, 6) is 1.59. The third-order valence-electron chi connectivity index (χ3n) is 9.77. The van der Waals surface area contributed by atoms with Crippen molar-refractivity contribution in [1.82, 2.24) is 9.78 Å². The molecule has 38 heavy (non-hydrogen) atoms. The van der Waals surface area contributed by atoms with Crippen LogP contribution in [0.25, 0.3) is 0 Å². The predicted molar refractivity (Wildman–Crippen MR) is 156 cm³/mol. The molecule has 5 heteroatoms. The van der Waals surface area contributed by atoms with E-state index in [2.05, 4.69) is 104 Å². The zero-order valence-electron chi connectivity index (χ0n) is 23.7. The van der Waals surface area contributed by atoms with Crippen molar-refractivity contribution in [2.75, 3.05) is 13.2 Å². The normalized spacial score (nSPS) is 28.6. The number of aryl methyl sites for hydroxylation is 1. The first-order valence-corrected chi connectivity index (χ1v) is 16.5. The number of ether oxygens (including phenoxy) is 1. The highest BCUT2D eigenvalue weighted by Gasteiger charge is 2.58. The molecule has 2 aromatic carbocycles. The van der Waals surface area contributed by atoms with Crippen molar-refractivity contribution in [3.63, 3.8) is 0 Å². The summed E-state index contributed by atoms with van der Waals surface area (Å²) >= 11 is 0. The summed E-state index contributed by atoms with van der Waals surface area (Å²) in [6.45, 7) is 11.6. The molecule has 0 spiro atoms. The lowest BCUT2D eigenvalue weighted by Gasteiger charge is -2.61. The lowest BCUT2D eigenvalue weighted by atomic mass is 9.48. The Balaban J connectivity index is 1.21. The van der Waals surface area contributed by atoms with E-state index in [0.717, 1.165) is 18.4 Å². The number of benzene rings is 2. The Morgan fingerprint density at radius 1 is 0.868 bits per heavy atom. The average molecular weight is 529 g/mol. The lowest BCUT2D eigenvalue weighted by molar-refractivity contribution is -0.199. The Morgan fingerprint density at radius 2 is 1.47 bits per heavy atom. The molecule has 0 aliphatic heterocycles. The Hall–Kier alpha value is -2.21. The van der Waals surface area contributed by atoms with Crippen LogP contribution in [0, 0.1) is 24.2 Å². The fraction of sp³-hybridized carbons (Fsp3) is 0.545. The minimum atomic E-state index is -2.53. The third kappa shape index (κ3) is 4.61. The standard InChI is InChI=1S/C33H44N2O2Si/c1-26-15-16-34-35(26)25-32-20-27-19-28(21-32)23-33(22-27,24-32)36-17-18-37-38(31(2,3)4,29-11-7-5-8-12-29)30-13-9-6-10-14-30/h5-16,27-28H,17-25H2,1-4H3. The Labute approximate surface area is 229 Å². The summed E-state index contributed by atoms with van der Waals surface area (Å²) in [6, 6.07) is 24.0. The van der Waals surface area contributed by atoms with Crippen LogP contribution in [0.5, 0.6) is 0 Å². The number of hydrogen-bond donors (Lipinski definition) is 0. The van der Waals surface area contributed by atoms with Gasteiger partial charge in [0.2, 0.25) is 0 Å². The van der Waals surface area contributed by atoms with E-state index in [0.29, 0.717) is 18.6 Å². The molecule has 4 aliphatic rings. The van der Waals surface area contributed by atoms with Crippen LogP contribution in [0.2, 0.25) is 5.04 Å². The third-order valence-corrected chi connectivity index (χ3v) is 14.8. The maximum Gasteiger partial charge on any atom is 0.261 e. The van der Waals surface area contributed by atoms with Crippen LogP contribution in [0.15, 0.2) is 72.9 Å². The summed E-state index contributed by atoms with van der Waals surface area (Å²) in [7, 11) is -2.53. The molecule has 0 amide bonds. The second-order valence-electron chi connectivity index (χ2n) is 13.6. The van der Waals surface area contributed by atoms with Gasteiger partial charge in [0.25, 0.3) is 8.32 Å². The molecular formula is C33H44N2O2Si. The maximum absolute atomic E-state index is 7.16. The van der Waals surface area contributed by atoms with Gasteiger partial charge in [-0.25, -0.2) is 0 Å². The van der Waals surface area contributed by atoms with Crippen LogP contribution in [0.3, 0.4) is 0 Å². The van der Waals surface area contributed by atoms with E-state index in [4.69, 9.17) is 9.16 Å². The maximum atomic E-state index is 7.16. The monoisotopic (exact) mass is 528 g/mol. The minimum absolute atomic E-state index is 0.0118. The van der Waals surface area contributed by atoms with Crippen LogP contribution in [0.1, 0.15) is 65.0 Å². The zero-order chi connectivity index (χ0) is 26.4. The molecule has 3 aromatic rings. The van der Waals surface area contributed by atoms with E-state index in [9.17, 15) is 0 Å². The zero-order valence-corrected chi connectivity index (χ0v) is 24.7. The van der Waals surface area contributed by atoms with Crippen LogP contribution >= 0.6 is 0 Å². The fourth-order valence-electron chi connectivity index (χ4n) is 8.82. The first kappa shape index (κ1) is 26.0. The van der Waals surface area contributed by atoms with Gasteiger partial charge in [-0.05, 0) is 84.2 Å². The van der Waals surface area contributed by atoms with Crippen molar-refractivity contribution < 1.29 is 9.16 Å². The van der Waals surface area contributed by atoms with Crippen LogP contribution < -0.4 is 10.4 Å². The van der Waals surface area contributed by atoms with Crippen LogP contribution in [0.4, 0.5) is 0 Å². The number of rotatable bonds is 9. The quantitative estimate of drug-likeness (QED) is 0.248. The number of nitrogens with zero attached hydrogens (tertiary/aromatic N) is 2. The topological polar surface area (TPSA) is 36.3 Å². The largest absolute Gasteiger partial charge is 0.405 e. The SMILES string of the molecule is Cc1ccnn1CC12CC3CC(C1)CC(OCCO[Si](c1ccccc1)(c1ccccc1)C(C)(C)C)(C3)C2. The van der Waals surface area contributed by atoms with Gasteiger partial charge < -0.3 is 9.16 Å². The van der Waals surface area contributed by atoms with E-state index in [1.54, 1.807) is 0 Å². The van der Waals surface area contributed by atoms with E-state index >= 15 is 0 Å². The molecular weight excluding hydrogens is 484 g/mol. The second kappa shape index (κ2) is 9.76. The molecule has 2 unspecified atom stereocenters. The van der Waals surface area contributed by atoms with Crippen molar-refractivity contribution in [2.24, 2.45) is 17.3 Å². The van der Waals surface area contributed by atoms with E-state index in [1.807, 2.05) is 6.20 Å². The van der Waals surface area contributed by atoms with E-state index < -0.39 is 8.32 Å². The average Bonchev–Trinajstić information content (AvgIpc) is 3.27. The van der Waals surface area contributed by atoms with E-state index in [-0.39, 0.29) is 10.6 Å². The van der Waals surface area contributed by atoms with Gasteiger partial charge in [-0.2, -0.15) is 5.10 Å². The molecule has 1 aromatic heterocycles. The van der Waals surface area contributed by atoms with Gasteiger partial charge in [0, 0.05) is 18.4 Å². The summed E-state index contributed by atoms with van der Waals surface area (Å²) < 4.78 is 16.4. The minimum Gasteiger partial charge on any atom is -0.405 e. The first-order chi connectivity index (χ1) is 18.2. The van der Waals surface area contributed by atoms with Gasteiger partial charge in [-0.1, -0.05) is 81.4 Å². The van der Waals surface area contributed by atoms with Gasteiger partial charge in [0.05, 0.1) is 18.8 Å². The highest BCUT2D eigenvalue weighted by atomic mass is 28.4. The molecule has 4 fully saturated rings. The van der Waals surface area contributed by atoms with Gasteiger partial charge >= 0.3 is 0 Å². The molecule has 4 nitrogen and oxygen atoms in total. The molecule has 0 N–H and O–H groups in total. The van der Waals surface area contributed by atoms with Crippen molar-refractivity contribution in [1.29, 1.82) is 0 Å². The molecule has 4 bridgehead atoms. The van der Waals surface area contributed by atoms with Gasteiger partial charge in [-0.3, -0.25) is 4.68 Å². The fourth-order valence-corrected chi connectivity index (χ4v) is 13.4. The predicted octanol–water partition coefficient (Wildman–Crippen LogP) is 6.12. The molecule has 1 heterocycles. The van der Waals surface area contributed by atoms with Gasteiger partial charge in [0.15, 0.2) is 0 Å². The number of aromatic nitrogens is 2. The van der Waals surface area contributed by atoms with E-state index in [1.165, 1.54) is 54.6 Å². The van der Waals surface area contributed by atoms with Gasteiger partial charge in [-0.15, -0.1) is 0 Å². The number of hydrogen-bond acceptors (Lipinski definition) is 3. The molecule has 0 saturated heterocycles. The van der Waals surface area contributed by atoms with Gasteiger partial charge in [0.1, 0.15) is 0 Å². The molecule has 4 saturated carbocycles. The first-order valence-electron chi connectivity index (χ1n) is 14.6. The smallest absolute Gasteiger partial charge is 0.261 e. The lowest BCUT2D eigenvalue weighted by Crippen LogP contribution is -2.67. The highest BCUT2D eigenvalue weighted by molar-refractivity contribution is 6.99. The molecule has 2 atom stereocenters. The van der Waals surface area contributed by atoms with Crippen molar-refractivity contribution in [2.45, 2.75) is 83.4 Å². The molecule has 0 radical (unpaired) electrons. The summed E-state index contributed by atoms with van der Waals surface area (Å²) in [5, 5.41) is 7.32. The van der Waals surface area contributed by atoms with Crippen molar-refractivity contribution >= 4 is 18.7 Å². The summed E-state index contributed by atoms with van der Waals surface area (Å²) in [5.41, 5.74) is 1.62. The Morgan fingerprint density at radius 3 is 2.00 bits per heavy atom. The highest BCUT2D eigenvalue weighted by Crippen LogP contribution is 2.63. The van der Waals surface area contributed by atoms with Crippen molar-refractivity contribution in [3.8, 4) is 0 Å². The Kier molecular flexibility index (Phi) is 6.69. The van der Waals surface area contributed by atoms with Crippen LogP contribution in [-0.4, -0.2) is 36.9 Å². The summed E-state index contributed by atoms with van der Waals surface area (Å²) in [4.78, 5) is 0. The molecule has 7 rings (SSSR count). The summed E-state index contributed by atoms with van der Waals surface area (Å²) in [6.07, 6.45) is 9.64.